The Hall–Kier alpha value is -0.930. The lowest BCUT2D eigenvalue weighted by atomic mass is 10.0. The molecule has 96 valence electrons. The van der Waals surface area contributed by atoms with Crippen molar-refractivity contribution in [2.45, 2.75) is 39.3 Å². The van der Waals surface area contributed by atoms with Crippen LogP contribution in [0.3, 0.4) is 0 Å². The predicted molar refractivity (Wildman–Crippen MR) is 68.8 cm³/mol. The molecule has 1 N–H and O–H groups in total. The summed E-state index contributed by atoms with van der Waals surface area (Å²) < 4.78 is 18.7. The molecule has 0 aromatic heterocycles. The van der Waals surface area contributed by atoms with Crippen LogP contribution in [0.5, 0.6) is 0 Å². The van der Waals surface area contributed by atoms with Crippen LogP contribution in [-0.2, 0) is 11.2 Å². The van der Waals surface area contributed by atoms with Crippen LogP contribution in [0, 0.1) is 12.7 Å². The van der Waals surface area contributed by atoms with Crippen LogP contribution < -0.4 is 5.32 Å². The van der Waals surface area contributed by atoms with E-state index in [1.165, 1.54) is 6.07 Å². The topological polar surface area (TPSA) is 21.3 Å². The highest BCUT2D eigenvalue weighted by molar-refractivity contribution is 5.27. The van der Waals surface area contributed by atoms with E-state index in [1.807, 2.05) is 33.9 Å². The van der Waals surface area contributed by atoms with E-state index < -0.39 is 0 Å². The molecule has 2 nitrogen and oxygen atoms in total. The zero-order chi connectivity index (χ0) is 12.8. The normalized spacial score (nSPS) is 13.1. The Morgan fingerprint density at radius 2 is 2.06 bits per heavy atom. The molecule has 0 radical (unpaired) electrons. The van der Waals surface area contributed by atoms with Crippen molar-refractivity contribution in [3.05, 3.63) is 35.1 Å². The molecular formula is C14H22FNO. The fourth-order valence-corrected chi connectivity index (χ4v) is 1.68. The first-order valence-corrected chi connectivity index (χ1v) is 6.06. The molecule has 1 rings (SSSR count). The van der Waals surface area contributed by atoms with Crippen LogP contribution in [-0.4, -0.2) is 25.8 Å². The van der Waals surface area contributed by atoms with E-state index in [-0.39, 0.29) is 18.0 Å². The second-order valence-electron chi connectivity index (χ2n) is 4.64. The van der Waals surface area contributed by atoms with Crippen molar-refractivity contribution in [3.63, 3.8) is 0 Å². The minimum absolute atomic E-state index is 0.176. The van der Waals surface area contributed by atoms with Crippen LogP contribution in [0.25, 0.3) is 0 Å². The van der Waals surface area contributed by atoms with Crippen molar-refractivity contribution in [1.82, 2.24) is 5.32 Å². The van der Waals surface area contributed by atoms with Gasteiger partial charge in [-0.2, -0.15) is 0 Å². The number of hydrogen-bond donors (Lipinski definition) is 1. The minimum atomic E-state index is -0.176. The van der Waals surface area contributed by atoms with Crippen molar-refractivity contribution in [3.8, 4) is 0 Å². The van der Waals surface area contributed by atoms with E-state index in [9.17, 15) is 4.39 Å². The van der Waals surface area contributed by atoms with Crippen molar-refractivity contribution in [2.75, 3.05) is 13.7 Å². The molecule has 1 aromatic carbocycles. The molecule has 0 fully saturated rings. The van der Waals surface area contributed by atoms with E-state index in [4.69, 9.17) is 4.74 Å². The number of rotatable bonds is 6. The highest BCUT2D eigenvalue weighted by atomic mass is 19.1. The summed E-state index contributed by atoms with van der Waals surface area (Å²) in [5, 5.41) is 3.21. The third-order valence-corrected chi connectivity index (χ3v) is 2.82. The van der Waals surface area contributed by atoms with Gasteiger partial charge in [-0.05, 0) is 57.5 Å². The third-order valence-electron chi connectivity index (χ3n) is 2.82. The van der Waals surface area contributed by atoms with E-state index in [1.54, 1.807) is 6.07 Å². The Bertz CT molecular complexity index is 352. The molecule has 0 saturated heterocycles. The first-order valence-electron chi connectivity index (χ1n) is 6.06. The lowest BCUT2D eigenvalue weighted by Gasteiger charge is -2.19. The summed E-state index contributed by atoms with van der Waals surface area (Å²) in [4.78, 5) is 0. The zero-order valence-corrected chi connectivity index (χ0v) is 11.1. The maximum atomic E-state index is 13.2. The fraction of sp³-hybridized carbons (Fsp3) is 0.571. The molecule has 3 heteroatoms. The van der Waals surface area contributed by atoms with E-state index >= 15 is 0 Å². The van der Waals surface area contributed by atoms with E-state index in [0.29, 0.717) is 6.61 Å². The van der Waals surface area contributed by atoms with Crippen molar-refractivity contribution in [1.29, 1.82) is 0 Å². The van der Waals surface area contributed by atoms with Gasteiger partial charge in [-0.25, -0.2) is 4.39 Å². The Morgan fingerprint density at radius 3 is 2.65 bits per heavy atom. The molecule has 0 heterocycles. The number of aryl methyl sites for hydroxylation is 1. The van der Waals surface area contributed by atoms with E-state index in [0.717, 1.165) is 17.5 Å². The van der Waals surface area contributed by atoms with Gasteiger partial charge in [0.05, 0.1) is 12.7 Å². The maximum Gasteiger partial charge on any atom is 0.123 e. The van der Waals surface area contributed by atoms with Gasteiger partial charge in [0.25, 0.3) is 0 Å². The molecular weight excluding hydrogens is 217 g/mol. The maximum absolute atomic E-state index is 13.2. The van der Waals surface area contributed by atoms with Crippen molar-refractivity contribution < 1.29 is 9.13 Å². The highest BCUT2D eigenvalue weighted by Crippen LogP contribution is 2.12. The molecule has 0 saturated carbocycles. The molecule has 0 aliphatic carbocycles. The summed E-state index contributed by atoms with van der Waals surface area (Å²) in [5.74, 6) is -0.176. The van der Waals surface area contributed by atoms with Crippen LogP contribution in [0.15, 0.2) is 18.2 Å². The molecule has 0 spiro atoms. The number of nitrogens with one attached hydrogen (secondary N) is 1. The van der Waals surface area contributed by atoms with Gasteiger partial charge in [0.2, 0.25) is 0 Å². The van der Waals surface area contributed by atoms with Crippen LogP contribution in [0.4, 0.5) is 4.39 Å². The average Bonchev–Trinajstić information content (AvgIpc) is 2.28. The lowest BCUT2D eigenvalue weighted by Crippen LogP contribution is -2.33. The Morgan fingerprint density at radius 1 is 1.35 bits per heavy atom. The number of likely N-dealkylation sites (N-methyl/N-ethyl adjacent to an activating group) is 1. The third kappa shape index (κ3) is 4.84. The molecule has 1 aromatic rings. The summed E-state index contributed by atoms with van der Waals surface area (Å²) in [6, 6.07) is 5.14. The summed E-state index contributed by atoms with van der Waals surface area (Å²) in [7, 11) is 1.91. The van der Waals surface area contributed by atoms with Gasteiger partial charge in [0.15, 0.2) is 0 Å². The van der Waals surface area contributed by atoms with Gasteiger partial charge in [-0.3, -0.25) is 0 Å². The van der Waals surface area contributed by atoms with Gasteiger partial charge < -0.3 is 10.1 Å². The highest BCUT2D eigenvalue weighted by Gasteiger charge is 2.10. The van der Waals surface area contributed by atoms with Gasteiger partial charge in [0.1, 0.15) is 5.82 Å². The monoisotopic (exact) mass is 239 g/mol. The molecule has 0 amide bonds. The smallest absolute Gasteiger partial charge is 0.123 e. The van der Waals surface area contributed by atoms with Crippen LogP contribution in [0.1, 0.15) is 25.0 Å². The largest absolute Gasteiger partial charge is 0.377 e. The van der Waals surface area contributed by atoms with Crippen molar-refractivity contribution in [2.24, 2.45) is 0 Å². The minimum Gasteiger partial charge on any atom is -0.377 e. The van der Waals surface area contributed by atoms with Gasteiger partial charge in [-0.15, -0.1) is 0 Å². The molecule has 17 heavy (non-hydrogen) atoms. The standard InChI is InChI=1S/C14H22FNO/c1-10(2)17-9-14(16-4)8-12-7-13(15)6-5-11(12)3/h5-7,10,14,16H,8-9H2,1-4H3. The van der Waals surface area contributed by atoms with Gasteiger partial charge in [-0.1, -0.05) is 6.07 Å². The molecule has 0 bridgehead atoms. The Balaban J connectivity index is 2.63. The summed E-state index contributed by atoms with van der Waals surface area (Å²) >= 11 is 0. The fourth-order valence-electron chi connectivity index (χ4n) is 1.68. The van der Waals surface area contributed by atoms with Crippen LogP contribution in [0.2, 0.25) is 0 Å². The second kappa shape index (κ2) is 6.72. The molecule has 1 unspecified atom stereocenters. The van der Waals surface area contributed by atoms with Gasteiger partial charge >= 0.3 is 0 Å². The summed E-state index contributed by atoms with van der Waals surface area (Å²) in [6.45, 7) is 6.68. The Kier molecular flexibility index (Phi) is 5.59. The quantitative estimate of drug-likeness (QED) is 0.824. The lowest BCUT2D eigenvalue weighted by molar-refractivity contribution is 0.0627. The SMILES string of the molecule is CNC(COC(C)C)Cc1cc(F)ccc1C. The second-order valence-corrected chi connectivity index (χ2v) is 4.64. The van der Waals surface area contributed by atoms with E-state index in [2.05, 4.69) is 5.32 Å². The molecule has 0 aliphatic heterocycles. The molecule has 0 aliphatic rings. The summed E-state index contributed by atoms with van der Waals surface area (Å²) in [6.07, 6.45) is 1.01. The molecule has 1 atom stereocenters. The number of ether oxygens (including phenoxy) is 1. The first kappa shape index (κ1) is 14.1. The number of benzene rings is 1. The Labute approximate surface area is 103 Å². The number of hydrogen-bond acceptors (Lipinski definition) is 2. The zero-order valence-electron chi connectivity index (χ0n) is 11.1. The van der Waals surface area contributed by atoms with Crippen molar-refractivity contribution >= 4 is 0 Å². The predicted octanol–water partition coefficient (Wildman–Crippen LogP) is 2.69. The number of halogens is 1. The summed E-state index contributed by atoms with van der Waals surface area (Å²) in [5.41, 5.74) is 2.16. The van der Waals surface area contributed by atoms with Crippen LogP contribution >= 0.6 is 0 Å². The average molecular weight is 239 g/mol. The first-order chi connectivity index (χ1) is 8.02. The van der Waals surface area contributed by atoms with Gasteiger partial charge in [0, 0.05) is 6.04 Å².